The quantitative estimate of drug-likeness (QED) is 0.0372. The Kier molecular flexibility index (Phi) is 30.3. The number of nitrogens with zero attached hydrogens (tertiary/aromatic N) is 7. The van der Waals surface area contributed by atoms with Gasteiger partial charge in [-0.05, 0) is 167 Å². The van der Waals surface area contributed by atoms with E-state index in [1.165, 1.54) is 126 Å². The molecule has 2 N–H and O–H groups in total. The number of aromatic nitrogens is 1. The van der Waals surface area contributed by atoms with Gasteiger partial charge < -0.3 is 29.9 Å². The number of rotatable bonds is 37. The van der Waals surface area contributed by atoms with Crippen LogP contribution in [0.25, 0.3) is 12.2 Å². The number of hydrogen-bond donors (Lipinski definition) is 2. The van der Waals surface area contributed by atoms with Crippen LogP contribution in [0.2, 0.25) is 0 Å². The maximum Gasteiger partial charge on any atom is 0.471 e. The molecule has 0 fully saturated rings. The molecule has 0 unspecified atom stereocenters. The molecule has 6 aromatic rings. The summed E-state index contributed by atoms with van der Waals surface area (Å²) in [6.07, 6.45) is 26.3. The number of unbranched alkanes of at least 4 members (excludes halogenated alkanes) is 16. The Labute approximate surface area is 565 Å². The first-order chi connectivity index (χ1) is 46.1. The summed E-state index contributed by atoms with van der Waals surface area (Å²) in [6, 6.07) is 37.6. The van der Waals surface area contributed by atoms with E-state index in [1.807, 2.05) is 67.7 Å². The number of benzene rings is 5. The number of pyridine rings is 1. The Morgan fingerprint density at radius 3 is 1.59 bits per heavy atom. The number of ether oxygens (including phenoxy) is 2. The second kappa shape index (κ2) is 38.9. The number of para-hydroxylation sites is 1. The predicted octanol–water partition coefficient (Wildman–Crippen LogP) is 20.7. The summed E-state index contributed by atoms with van der Waals surface area (Å²) in [5.74, 6) is 0.491. The van der Waals surface area contributed by atoms with Crippen molar-refractivity contribution in [2.45, 2.75) is 190 Å². The van der Waals surface area contributed by atoms with Crippen molar-refractivity contribution in [3.05, 3.63) is 183 Å². The fourth-order valence-corrected chi connectivity index (χ4v) is 11.8. The molecule has 0 aliphatic carbocycles. The van der Waals surface area contributed by atoms with Crippen LogP contribution in [0.5, 0.6) is 11.5 Å². The van der Waals surface area contributed by atoms with Crippen molar-refractivity contribution in [3.63, 3.8) is 0 Å². The van der Waals surface area contributed by atoms with Gasteiger partial charge in [-0.2, -0.15) is 13.2 Å². The summed E-state index contributed by atoms with van der Waals surface area (Å²) in [6.45, 7) is 22.2. The smallest absolute Gasteiger partial charge is 0.471 e. The third-order valence-corrected chi connectivity index (χ3v) is 17.4. The van der Waals surface area contributed by atoms with E-state index in [0.29, 0.717) is 34.3 Å². The molecule has 0 spiro atoms. The first kappa shape index (κ1) is 74.1. The molecule has 12 nitrogen and oxygen atoms in total. The van der Waals surface area contributed by atoms with Crippen LogP contribution in [-0.4, -0.2) is 87.1 Å². The molecule has 15 heteroatoms. The van der Waals surface area contributed by atoms with Gasteiger partial charge in [0.2, 0.25) is 0 Å². The number of halogens is 3. The van der Waals surface area contributed by atoms with Crippen LogP contribution in [0.1, 0.15) is 213 Å². The number of aliphatic imine (C=N–C) groups is 4. The van der Waals surface area contributed by atoms with Gasteiger partial charge in [-0.25, -0.2) is 20.0 Å². The van der Waals surface area contributed by atoms with Crippen molar-refractivity contribution in [1.29, 1.82) is 0 Å². The summed E-state index contributed by atoms with van der Waals surface area (Å²) in [5, 5.41) is 5.75. The summed E-state index contributed by atoms with van der Waals surface area (Å²) >= 11 is 0. The molecule has 0 saturated carbocycles. The van der Waals surface area contributed by atoms with Crippen molar-refractivity contribution in [3.8, 4) is 11.5 Å². The first-order valence-electron chi connectivity index (χ1n) is 35.1. The molecule has 0 atom stereocenters. The number of anilines is 4. The topological polar surface area (TPSA) is 128 Å². The molecule has 0 radical (unpaired) electrons. The van der Waals surface area contributed by atoms with Crippen LogP contribution in [0.15, 0.2) is 153 Å². The van der Waals surface area contributed by atoms with Crippen LogP contribution in [0, 0.1) is 20.8 Å². The van der Waals surface area contributed by atoms with Crippen molar-refractivity contribution in [2.24, 2.45) is 20.0 Å². The number of aryl methyl sites for hydroxylation is 3. The molecule has 0 saturated heterocycles. The van der Waals surface area contributed by atoms with Crippen molar-refractivity contribution >= 4 is 63.9 Å². The highest BCUT2D eigenvalue weighted by Crippen LogP contribution is 2.35. The van der Waals surface area contributed by atoms with Gasteiger partial charge in [0.05, 0.1) is 36.9 Å². The summed E-state index contributed by atoms with van der Waals surface area (Å²) in [7, 11) is 3.43. The molecular formula is C80H104F3N9O3. The maximum absolute atomic E-state index is 13.1. The molecule has 2 aliphatic rings. The molecule has 508 valence electrons. The molecule has 1 amide bonds. The second-order valence-electron chi connectivity index (χ2n) is 24.9. The zero-order chi connectivity index (χ0) is 68.0. The number of carbonyl (C=O) groups excluding carboxylic acids is 1. The van der Waals surface area contributed by atoms with Crippen molar-refractivity contribution in [2.75, 3.05) is 67.4 Å². The Balaban J connectivity index is 0.000000282. The van der Waals surface area contributed by atoms with E-state index in [0.717, 1.165) is 120 Å². The Hall–Kier alpha value is -8.33. The normalized spacial score (nSPS) is 13.7. The molecule has 3 heterocycles. The highest BCUT2D eigenvalue weighted by atomic mass is 19.4. The second-order valence-corrected chi connectivity index (χ2v) is 24.9. The van der Waals surface area contributed by atoms with E-state index in [-0.39, 0.29) is 5.69 Å². The van der Waals surface area contributed by atoms with Gasteiger partial charge in [0.1, 0.15) is 28.6 Å². The zero-order valence-corrected chi connectivity index (χ0v) is 58.4. The number of methoxy groups -OCH3 is 2. The Bertz CT molecular complexity index is 3590. The summed E-state index contributed by atoms with van der Waals surface area (Å²) in [4.78, 5) is 41.0. The maximum atomic E-state index is 13.1. The van der Waals surface area contributed by atoms with E-state index >= 15 is 0 Å². The molecular weight excluding hydrogens is 1190 g/mol. The van der Waals surface area contributed by atoms with Gasteiger partial charge in [0, 0.05) is 67.1 Å². The van der Waals surface area contributed by atoms with Crippen molar-refractivity contribution in [1.82, 2.24) is 4.98 Å². The van der Waals surface area contributed by atoms with E-state index in [4.69, 9.17) is 29.4 Å². The number of carbonyl (C=O) groups is 1. The lowest BCUT2D eigenvalue weighted by Crippen LogP contribution is -2.30. The molecule has 0 bridgehead atoms. The van der Waals surface area contributed by atoms with Gasteiger partial charge in [0.25, 0.3) is 0 Å². The molecule has 5 aromatic carbocycles. The number of amidine groups is 2. The minimum absolute atomic E-state index is 0.00312. The lowest BCUT2D eigenvalue weighted by atomic mass is 9.99. The fourth-order valence-electron chi connectivity index (χ4n) is 11.8. The molecule has 2 aliphatic heterocycles. The van der Waals surface area contributed by atoms with Crippen LogP contribution in [0.4, 0.5) is 35.9 Å². The first-order valence-corrected chi connectivity index (χ1v) is 35.1. The lowest BCUT2D eigenvalue weighted by Gasteiger charge is -2.26. The van der Waals surface area contributed by atoms with Crippen LogP contribution in [0.3, 0.4) is 0 Å². The minimum atomic E-state index is -5.03. The summed E-state index contributed by atoms with van der Waals surface area (Å²) < 4.78 is 50.8. The van der Waals surface area contributed by atoms with Gasteiger partial charge in [-0.1, -0.05) is 172 Å². The zero-order valence-electron chi connectivity index (χ0n) is 58.4. The minimum Gasteiger partial charge on any atom is -0.497 e. The monoisotopic (exact) mass is 1300 g/mol. The summed E-state index contributed by atoms with van der Waals surface area (Å²) in [5.41, 5.74) is 13.8. The predicted molar refractivity (Wildman–Crippen MR) is 394 cm³/mol. The highest BCUT2D eigenvalue weighted by molar-refractivity contribution is 6.29. The molecule has 8 rings (SSSR count). The third kappa shape index (κ3) is 22.4. The van der Waals surface area contributed by atoms with E-state index in [9.17, 15) is 18.0 Å². The average molecular weight is 1300 g/mol. The largest absolute Gasteiger partial charge is 0.497 e. The lowest BCUT2D eigenvalue weighted by molar-refractivity contribution is -0.167. The van der Waals surface area contributed by atoms with Gasteiger partial charge in [-0.3, -0.25) is 9.78 Å². The highest BCUT2D eigenvalue weighted by Gasteiger charge is 2.39. The van der Waals surface area contributed by atoms with Gasteiger partial charge >= 0.3 is 12.1 Å². The van der Waals surface area contributed by atoms with Gasteiger partial charge in [0.15, 0.2) is 11.7 Å². The number of allylic oxidation sites excluding steroid dienone is 2. The number of nitrogens with one attached hydrogen (secondary N) is 2. The Morgan fingerprint density at radius 2 is 1.03 bits per heavy atom. The van der Waals surface area contributed by atoms with E-state index < -0.39 is 12.1 Å². The van der Waals surface area contributed by atoms with Crippen LogP contribution >= 0.6 is 0 Å². The average Bonchev–Trinajstić information content (AvgIpc) is 1.68. The van der Waals surface area contributed by atoms with E-state index in [1.54, 1.807) is 44.7 Å². The van der Waals surface area contributed by atoms with Crippen LogP contribution in [-0.2, 0) is 4.79 Å². The Morgan fingerprint density at radius 1 is 0.505 bits per heavy atom. The SMILES string of the molecule is CCCCCCCCNc1ccc(OC)cc1C1=NC(c2ccccc2OC)=N/C1=C\c1ccc(N(CCCCCCCC)CCCCCCCC)cc1C.CCCCN(CC)c1ccc(/C=C2\N=C(c3ccccn3)N=C2c2cc(C)ccc2NC(=O)C(F)(F)F)c(C)c1. The van der Waals surface area contributed by atoms with E-state index in [2.05, 4.69) is 110 Å². The standard InChI is InChI=1S/C49H72N4O2.C31H32F3N5O/c1-7-10-13-16-19-24-33-50-45-32-31-42(54-5)38-44(45)48-46(51-49(52-48)43-27-22-23-28-47(43)55-6)37-40-29-30-41(36-39(40)4)53(34-25-20-17-14-11-8-2)35-26-21-18-15-12-9-3;1-5-7-16-39(6-2)23-13-12-22(21(4)18-23)19-27-28(38-29(36-27)26-10-8-9-15-35-26)24-17-20(3)11-14-25(24)37-30(40)31(32,33)34/h22-23,27-32,36-38,50H,7-21,24-26,33-35H2,1-6H3;8-15,17-19H,5-7,16H2,1-4H3,(H,37,40)/b46-37-;27-19-. The van der Waals surface area contributed by atoms with Crippen LogP contribution < -0.4 is 29.9 Å². The molecule has 1 aromatic heterocycles. The number of alkyl halides is 3. The van der Waals surface area contributed by atoms with Crippen molar-refractivity contribution < 1.29 is 27.4 Å². The fraction of sp³-hybridized carbons (Fsp3) is 0.450. The number of hydrogen-bond acceptors (Lipinski definition) is 11. The van der Waals surface area contributed by atoms with Gasteiger partial charge in [-0.15, -0.1) is 0 Å². The molecule has 95 heavy (non-hydrogen) atoms. The number of amides is 1. The third-order valence-electron chi connectivity index (χ3n) is 17.4.